The van der Waals surface area contributed by atoms with Gasteiger partial charge in [0.25, 0.3) is 0 Å². The lowest BCUT2D eigenvalue weighted by atomic mass is 9.73. The molecule has 0 saturated carbocycles. The Hall–Kier alpha value is -3.41. The van der Waals surface area contributed by atoms with E-state index in [9.17, 15) is 9.59 Å². The molecular weight excluding hydrogens is 364 g/mol. The summed E-state index contributed by atoms with van der Waals surface area (Å²) in [6.45, 7) is 0.389. The monoisotopic (exact) mass is 388 g/mol. The number of fused-ring (bicyclic) bond motifs is 1. The summed E-state index contributed by atoms with van der Waals surface area (Å²) < 4.78 is 1.70. The number of amides is 2. The zero-order chi connectivity index (χ0) is 20.4. The van der Waals surface area contributed by atoms with Crippen LogP contribution in [-0.2, 0) is 35.0 Å². The lowest BCUT2D eigenvalue weighted by Gasteiger charge is -2.28. The van der Waals surface area contributed by atoms with Gasteiger partial charge in [-0.3, -0.25) is 14.3 Å². The average molecular weight is 388 g/mol. The summed E-state index contributed by atoms with van der Waals surface area (Å²) in [6.07, 6.45) is 4.17. The number of hydrogen-bond acceptors (Lipinski definition) is 3. The number of carbonyl (C=O) groups is 2. The second-order valence-electron chi connectivity index (χ2n) is 7.60. The number of carbonyl (C=O) groups excluding carboxylic acids is 2. The summed E-state index contributed by atoms with van der Waals surface area (Å²) in [5, 5.41) is 7.08. The fourth-order valence-corrected chi connectivity index (χ4v) is 4.17. The molecule has 6 heteroatoms. The highest BCUT2D eigenvalue weighted by Crippen LogP contribution is 2.45. The third-order valence-electron chi connectivity index (χ3n) is 5.55. The van der Waals surface area contributed by atoms with E-state index in [1.807, 2.05) is 67.8 Å². The van der Waals surface area contributed by atoms with Gasteiger partial charge in [0.2, 0.25) is 11.8 Å². The van der Waals surface area contributed by atoms with Crippen molar-refractivity contribution in [1.82, 2.24) is 15.1 Å². The lowest BCUT2D eigenvalue weighted by Crippen LogP contribution is -2.44. The van der Waals surface area contributed by atoms with Crippen molar-refractivity contribution in [3.05, 3.63) is 83.7 Å². The van der Waals surface area contributed by atoms with Gasteiger partial charge in [0.15, 0.2) is 0 Å². The van der Waals surface area contributed by atoms with Gasteiger partial charge in [-0.1, -0.05) is 48.5 Å². The van der Waals surface area contributed by atoms with Crippen molar-refractivity contribution in [2.75, 3.05) is 11.9 Å². The number of nitrogens with zero attached hydrogens (tertiary/aromatic N) is 3. The van der Waals surface area contributed by atoms with E-state index < -0.39 is 5.41 Å². The average Bonchev–Trinajstić information content (AvgIpc) is 3.23. The molecule has 1 unspecified atom stereocenters. The second kappa shape index (κ2) is 7.54. The first-order chi connectivity index (χ1) is 14.0. The Morgan fingerprint density at radius 3 is 2.48 bits per heavy atom. The number of para-hydroxylation sites is 1. The van der Waals surface area contributed by atoms with Gasteiger partial charge < -0.3 is 10.2 Å². The molecule has 1 aromatic heterocycles. The van der Waals surface area contributed by atoms with Crippen LogP contribution in [0.3, 0.4) is 0 Å². The lowest BCUT2D eigenvalue weighted by molar-refractivity contribution is -0.129. The molecule has 1 N–H and O–H groups in total. The topological polar surface area (TPSA) is 67.2 Å². The number of likely N-dealkylation sites (N-methyl/N-ethyl adjacent to an activating group) is 1. The van der Waals surface area contributed by atoms with Gasteiger partial charge in [0.1, 0.15) is 0 Å². The van der Waals surface area contributed by atoms with E-state index in [0.717, 1.165) is 22.4 Å². The summed E-state index contributed by atoms with van der Waals surface area (Å²) in [4.78, 5) is 28.0. The highest BCUT2D eigenvalue weighted by molar-refractivity contribution is 6.09. The van der Waals surface area contributed by atoms with Crippen LogP contribution in [-0.4, -0.2) is 28.6 Å². The van der Waals surface area contributed by atoms with Crippen molar-refractivity contribution in [3.63, 3.8) is 0 Å². The van der Waals surface area contributed by atoms with E-state index in [0.29, 0.717) is 13.0 Å². The number of rotatable bonds is 6. The Kier molecular flexibility index (Phi) is 4.92. The van der Waals surface area contributed by atoms with Crippen LogP contribution < -0.4 is 10.2 Å². The second-order valence-corrected chi connectivity index (χ2v) is 7.60. The first kappa shape index (κ1) is 18.9. The van der Waals surface area contributed by atoms with Crippen LogP contribution in [0.25, 0.3) is 0 Å². The van der Waals surface area contributed by atoms with E-state index in [1.54, 1.807) is 22.8 Å². The fourth-order valence-electron chi connectivity index (χ4n) is 4.17. The van der Waals surface area contributed by atoms with Crippen LogP contribution in [0.2, 0.25) is 0 Å². The molecule has 3 aromatic rings. The molecule has 1 aliphatic heterocycles. The molecule has 148 valence electrons. The number of hydrogen-bond donors (Lipinski definition) is 1. The standard InChI is InChI=1S/C23H24N4O2/c1-26-16-18(15-25-26)14-24-21(28)13-23(12-17-8-4-3-5-9-17)19-10-6-7-11-20(19)27(2)22(23)29/h3-11,15-16H,12-14H2,1-2H3,(H,24,28). The first-order valence-corrected chi connectivity index (χ1v) is 9.65. The van der Waals surface area contributed by atoms with Gasteiger partial charge in [0.05, 0.1) is 11.6 Å². The smallest absolute Gasteiger partial charge is 0.238 e. The Morgan fingerprint density at radius 1 is 1.03 bits per heavy atom. The molecule has 1 aliphatic rings. The van der Waals surface area contributed by atoms with Crippen molar-refractivity contribution >= 4 is 17.5 Å². The number of nitrogens with one attached hydrogen (secondary N) is 1. The van der Waals surface area contributed by atoms with Crippen LogP contribution in [0.1, 0.15) is 23.1 Å². The maximum Gasteiger partial charge on any atom is 0.238 e. The Labute approximate surface area is 170 Å². The summed E-state index contributed by atoms with van der Waals surface area (Å²) in [7, 11) is 3.62. The van der Waals surface area contributed by atoms with Crippen LogP contribution >= 0.6 is 0 Å². The number of aryl methyl sites for hydroxylation is 1. The molecule has 0 radical (unpaired) electrons. The van der Waals surface area contributed by atoms with Crippen LogP contribution in [0.15, 0.2) is 67.0 Å². The minimum Gasteiger partial charge on any atom is -0.352 e. The quantitative estimate of drug-likeness (QED) is 0.706. The van der Waals surface area contributed by atoms with Crippen molar-refractivity contribution in [2.24, 2.45) is 7.05 Å². The Balaban J connectivity index is 1.64. The first-order valence-electron chi connectivity index (χ1n) is 9.65. The number of benzene rings is 2. The van der Waals surface area contributed by atoms with E-state index in [1.165, 1.54) is 0 Å². The van der Waals surface area contributed by atoms with Gasteiger partial charge in [-0.05, 0) is 23.6 Å². The van der Waals surface area contributed by atoms with Crippen molar-refractivity contribution in [1.29, 1.82) is 0 Å². The molecule has 0 bridgehead atoms. The predicted molar refractivity (Wildman–Crippen MR) is 111 cm³/mol. The molecular formula is C23H24N4O2. The van der Waals surface area contributed by atoms with E-state index in [-0.39, 0.29) is 18.2 Å². The molecule has 4 rings (SSSR count). The van der Waals surface area contributed by atoms with Crippen LogP contribution in [0, 0.1) is 0 Å². The van der Waals surface area contributed by atoms with Gasteiger partial charge >= 0.3 is 0 Å². The highest BCUT2D eigenvalue weighted by atomic mass is 16.2. The van der Waals surface area contributed by atoms with Crippen molar-refractivity contribution in [3.8, 4) is 0 Å². The van der Waals surface area contributed by atoms with E-state index in [4.69, 9.17) is 0 Å². The highest BCUT2D eigenvalue weighted by Gasteiger charge is 2.50. The minimum absolute atomic E-state index is 0.0425. The van der Waals surface area contributed by atoms with Crippen LogP contribution in [0.5, 0.6) is 0 Å². The summed E-state index contributed by atoms with van der Waals surface area (Å²) in [5.74, 6) is -0.192. The molecule has 0 spiro atoms. The molecule has 0 saturated heterocycles. The fraction of sp³-hybridized carbons (Fsp3) is 0.261. The predicted octanol–water partition coefficient (Wildman–Crippen LogP) is 2.58. The maximum absolute atomic E-state index is 13.4. The molecule has 6 nitrogen and oxygen atoms in total. The molecule has 2 amide bonds. The molecule has 2 aromatic carbocycles. The summed E-state index contributed by atoms with van der Waals surface area (Å²) in [6, 6.07) is 17.6. The minimum atomic E-state index is -0.911. The third-order valence-corrected chi connectivity index (χ3v) is 5.55. The SMILES string of the molecule is CN1C(=O)C(CC(=O)NCc2cnn(C)c2)(Cc2ccccc2)c2ccccc21. The van der Waals surface area contributed by atoms with Gasteiger partial charge in [-0.2, -0.15) is 5.10 Å². The zero-order valence-corrected chi connectivity index (χ0v) is 16.6. The van der Waals surface area contributed by atoms with E-state index >= 15 is 0 Å². The Morgan fingerprint density at radius 2 is 1.76 bits per heavy atom. The largest absolute Gasteiger partial charge is 0.352 e. The van der Waals surface area contributed by atoms with Crippen molar-refractivity contribution < 1.29 is 9.59 Å². The van der Waals surface area contributed by atoms with Gasteiger partial charge in [-0.25, -0.2) is 0 Å². The van der Waals surface area contributed by atoms with Crippen LogP contribution in [0.4, 0.5) is 5.69 Å². The third kappa shape index (κ3) is 3.53. The van der Waals surface area contributed by atoms with Crippen molar-refractivity contribution in [2.45, 2.75) is 24.8 Å². The maximum atomic E-state index is 13.4. The molecule has 29 heavy (non-hydrogen) atoms. The number of aromatic nitrogens is 2. The summed E-state index contributed by atoms with van der Waals surface area (Å²) in [5.41, 5.74) is 2.83. The molecule has 0 aliphatic carbocycles. The summed E-state index contributed by atoms with van der Waals surface area (Å²) >= 11 is 0. The van der Waals surface area contributed by atoms with E-state index in [2.05, 4.69) is 10.4 Å². The zero-order valence-electron chi connectivity index (χ0n) is 16.6. The number of anilines is 1. The van der Waals surface area contributed by atoms with Gasteiger partial charge in [0, 0.05) is 44.5 Å². The molecule has 2 heterocycles. The normalized spacial score (nSPS) is 18.0. The van der Waals surface area contributed by atoms with Gasteiger partial charge in [-0.15, -0.1) is 0 Å². The molecule has 0 fully saturated rings. The molecule has 1 atom stereocenters. The Bertz CT molecular complexity index is 1040.